The van der Waals surface area contributed by atoms with Crippen molar-refractivity contribution in [1.29, 1.82) is 0 Å². The molecule has 9 nitrogen and oxygen atoms in total. The molecule has 1 saturated heterocycles. The van der Waals surface area contributed by atoms with Crippen LogP contribution in [-0.4, -0.2) is 58.3 Å². The van der Waals surface area contributed by atoms with Gasteiger partial charge in [-0.3, -0.25) is 19.8 Å². The minimum absolute atomic E-state index is 0.0801. The number of nitrogens with one attached hydrogen (secondary N) is 1. The largest absolute Gasteiger partial charge is 0.368 e. The van der Waals surface area contributed by atoms with Crippen LogP contribution in [0.4, 0.5) is 10.7 Å². The molecule has 0 aliphatic carbocycles. The maximum absolute atomic E-state index is 11.7. The maximum Gasteiger partial charge on any atom is 0.343 e. The van der Waals surface area contributed by atoms with Crippen LogP contribution in [0.15, 0.2) is 18.2 Å². The van der Waals surface area contributed by atoms with Crippen molar-refractivity contribution in [3.8, 4) is 0 Å². The first-order valence-electron chi connectivity index (χ1n) is 8.25. The molecule has 0 radical (unpaired) electrons. The third-order valence-electron chi connectivity index (χ3n) is 4.34. The molecule has 26 heavy (non-hydrogen) atoms. The van der Waals surface area contributed by atoms with Crippen LogP contribution < -0.4 is 10.2 Å². The number of hydrogen-bond acceptors (Lipinski definition) is 8. The number of carbonyl (C=O) groups is 1. The first kappa shape index (κ1) is 18.2. The smallest absolute Gasteiger partial charge is 0.343 e. The van der Waals surface area contributed by atoms with Gasteiger partial charge in [0.2, 0.25) is 0 Å². The number of nitrogens with zero attached hydrogens (tertiary/aromatic N) is 5. The third kappa shape index (κ3) is 3.97. The van der Waals surface area contributed by atoms with Crippen molar-refractivity contribution in [2.45, 2.75) is 13.5 Å². The Bertz CT molecular complexity index is 816. The lowest BCUT2D eigenvalue weighted by molar-refractivity contribution is -0.380. The van der Waals surface area contributed by atoms with Crippen molar-refractivity contribution in [3.05, 3.63) is 45.4 Å². The quantitative estimate of drug-likeness (QED) is 0.622. The Balaban J connectivity index is 1.59. The normalized spacial score (nSPS) is 15.1. The Morgan fingerprint density at radius 1 is 1.35 bits per heavy atom. The van der Waals surface area contributed by atoms with E-state index in [1.54, 1.807) is 19.2 Å². The highest BCUT2D eigenvalue weighted by molar-refractivity contribution is 7.09. The Hall–Kier alpha value is -2.59. The minimum Gasteiger partial charge on any atom is -0.368 e. The second-order valence-electron chi connectivity index (χ2n) is 6.06. The zero-order valence-corrected chi connectivity index (χ0v) is 15.5. The van der Waals surface area contributed by atoms with Crippen molar-refractivity contribution in [2.24, 2.45) is 0 Å². The number of carbonyl (C=O) groups excluding carboxylic acids is 1. The molecule has 0 unspecified atom stereocenters. The number of hydrogen-bond donors (Lipinski definition) is 1. The first-order valence-corrected chi connectivity index (χ1v) is 9.02. The Kier molecular flexibility index (Phi) is 5.43. The van der Waals surface area contributed by atoms with E-state index in [0.717, 1.165) is 54.8 Å². The van der Waals surface area contributed by atoms with E-state index in [-0.39, 0.29) is 10.9 Å². The molecule has 1 aliphatic rings. The summed E-state index contributed by atoms with van der Waals surface area (Å²) in [5, 5.41) is 13.4. The number of rotatable bonds is 5. The highest BCUT2D eigenvalue weighted by Gasteiger charge is 2.21. The van der Waals surface area contributed by atoms with Gasteiger partial charge < -0.3 is 10.2 Å². The van der Waals surface area contributed by atoms with Crippen molar-refractivity contribution in [2.75, 3.05) is 38.1 Å². The van der Waals surface area contributed by atoms with E-state index >= 15 is 0 Å². The Morgan fingerprint density at radius 2 is 2.08 bits per heavy atom. The molecule has 1 aliphatic heterocycles. The van der Waals surface area contributed by atoms with Crippen LogP contribution in [0.2, 0.25) is 0 Å². The summed E-state index contributed by atoms with van der Waals surface area (Å²) < 4.78 is 4.15. The number of piperazine rings is 1. The highest BCUT2D eigenvalue weighted by Crippen LogP contribution is 2.23. The van der Waals surface area contributed by atoms with Gasteiger partial charge in [-0.25, -0.2) is 4.98 Å². The zero-order valence-electron chi connectivity index (χ0n) is 14.6. The molecule has 1 fully saturated rings. The van der Waals surface area contributed by atoms with Gasteiger partial charge in [0.15, 0.2) is 0 Å². The summed E-state index contributed by atoms with van der Waals surface area (Å²) >= 11 is 0.924. The van der Waals surface area contributed by atoms with Crippen molar-refractivity contribution in [1.82, 2.24) is 19.6 Å². The lowest BCUT2D eigenvalue weighted by Gasteiger charge is -2.36. The lowest BCUT2D eigenvalue weighted by atomic mass is 10.2. The van der Waals surface area contributed by atoms with Gasteiger partial charge in [0.1, 0.15) is 5.69 Å². The van der Waals surface area contributed by atoms with E-state index in [0.29, 0.717) is 12.2 Å². The van der Waals surface area contributed by atoms with E-state index in [2.05, 4.69) is 24.5 Å². The molecule has 3 rings (SSSR count). The molecular weight excluding hydrogens is 356 g/mol. The van der Waals surface area contributed by atoms with Crippen LogP contribution in [0.3, 0.4) is 0 Å². The first-order chi connectivity index (χ1) is 12.5. The van der Waals surface area contributed by atoms with Crippen molar-refractivity contribution >= 4 is 28.1 Å². The van der Waals surface area contributed by atoms with Crippen LogP contribution in [0.5, 0.6) is 0 Å². The van der Waals surface area contributed by atoms with E-state index in [4.69, 9.17) is 0 Å². The number of aryl methyl sites for hydroxylation is 1. The number of anilines is 1. The topological polar surface area (TPSA) is 104 Å². The summed E-state index contributed by atoms with van der Waals surface area (Å²) in [5.74, 6) is -0.193. The summed E-state index contributed by atoms with van der Waals surface area (Å²) in [6.07, 6.45) is 0. The van der Waals surface area contributed by atoms with Crippen LogP contribution in [0, 0.1) is 17.0 Å². The molecule has 0 aromatic carbocycles. The van der Waals surface area contributed by atoms with Gasteiger partial charge in [-0.05, 0) is 19.1 Å². The fraction of sp³-hybridized carbons (Fsp3) is 0.438. The molecule has 2 aromatic rings. The van der Waals surface area contributed by atoms with Gasteiger partial charge in [-0.15, -0.1) is 0 Å². The minimum atomic E-state index is -0.405. The van der Waals surface area contributed by atoms with Gasteiger partial charge in [0.25, 0.3) is 5.91 Å². The summed E-state index contributed by atoms with van der Waals surface area (Å²) in [6, 6.07) is 5.22. The number of nitro groups is 1. The Morgan fingerprint density at radius 3 is 2.65 bits per heavy atom. The molecule has 10 heteroatoms. The third-order valence-corrected chi connectivity index (χ3v) is 5.12. The number of pyridine rings is 1. The van der Waals surface area contributed by atoms with Gasteiger partial charge in [0.05, 0.1) is 28.1 Å². The highest BCUT2D eigenvalue weighted by atomic mass is 32.1. The van der Waals surface area contributed by atoms with Crippen LogP contribution in [-0.2, 0) is 6.54 Å². The predicted octanol–water partition coefficient (Wildman–Crippen LogP) is 1.44. The van der Waals surface area contributed by atoms with Crippen LogP contribution in [0.1, 0.15) is 21.9 Å². The average Bonchev–Trinajstić information content (AvgIpc) is 3.10. The summed E-state index contributed by atoms with van der Waals surface area (Å²) in [4.78, 5) is 30.9. The fourth-order valence-electron chi connectivity index (χ4n) is 2.98. The van der Waals surface area contributed by atoms with Crippen LogP contribution in [0.25, 0.3) is 0 Å². The van der Waals surface area contributed by atoms with Gasteiger partial charge >= 0.3 is 5.00 Å². The number of amides is 1. The average molecular weight is 376 g/mol. The predicted molar refractivity (Wildman–Crippen MR) is 98.6 cm³/mol. The molecule has 138 valence electrons. The van der Waals surface area contributed by atoms with E-state index in [1.807, 2.05) is 13.0 Å². The summed E-state index contributed by atoms with van der Waals surface area (Å²) in [6.45, 7) is 5.85. The maximum atomic E-state index is 11.7. The second kappa shape index (κ2) is 7.75. The fourth-order valence-corrected chi connectivity index (χ4v) is 3.56. The SMILES string of the molecule is CNC(=O)c1ccc(N2CCN(Cc3cc([N+](=O)[O-])sn3)CC2)c(C)n1. The summed E-state index contributed by atoms with van der Waals surface area (Å²) in [5.41, 5.74) is 3.01. The monoisotopic (exact) mass is 376 g/mol. The lowest BCUT2D eigenvalue weighted by Crippen LogP contribution is -2.46. The zero-order chi connectivity index (χ0) is 18.7. The standard InChI is InChI=1S/C16H20N6O3S/c1-11-14(4-3-13(18-11)16(23)17-2)21-7-5-20(6-8-21)10-12-9-15(22(24)25)26-19-12/h3-4,9H,5-8,10H2,1-2H3,(H,17,23). The summed E-state index contributed by atoms with van der Waals surface area (Å²) in [7, 11) is 1.59. The molecule has 2 aromatic heterocycles. The Labute approximate surface area is 155 Å². The van der Waals surface area contributed by atoms with Gasteiger partial charge in [-0.1, -0.05) is 0 Å². The molecule has 1 N–H and O–H groups in total. The molecule has 0 saturated carbocycles. The number of aromatic nitrogens is 2. The van der Waals surface area contributed by atoms with E-state index in [9.17, 15) is 14.9 Å². The molecule has 1 amide bonds. The second-order valence-corrected chi connectivity index (χ2v) is 6.84. The van der Waals surface area contributed by atoms with Gasteiger partial charge in [-0.2, -0.15) is 4.37 Å². The van der Waals surface area contributed by atoms with E-state index in [1.165, 1.54) is 0 Å². The molecule has 3 heterocycles. The molecule has 0 spiro atoms. The van der Waals surface area contributed by atoms with Crippen LogP contribution >= 0.6 is 11.5 Å². The molecular formula is C16H20N6O3S. The van der Waals surface area contributed by atoms with Gasteiger partial charge in [0, 0.05) is 51.3 Å². The van der Waals surface area contributed by atoms with Crippen molar-refractivity contribution in [3.63, 3.8) is 0 Å². The van der Waals surface area contributed by atoms with Crippen molar-refractivity contribution < 1.29 is 9.72 Å². The molecule has 0 atom stereocenters. The van der Waals surface area contributed by atoms with E-state index < -0.39 is 4.92 Å². The molecule has 0 bridgehead atoms.